The van der Waals surface area contributed by atoms with Gasteiger partial charge in [-0.3, -0.25) is 14.6 Å². The smallest absolute Gasteiger partial charge is 0.257 e. The Morgan fingerprint density at radius 3 is 2.50 bits per heavy atom. The average molecular weight is 444 g/mol. The van der Waals surface area contributed by atoms with Gasteiger partial charge in [0.25, 0.3) is 11.8 Å². The van der Waals surface area contributed by atoms with Gasteiger partial charge in [0.15, 0.2) is 0 Å². The zero-order valence-corrected chi connectivity index (χ0v) is 17.5. The number of hydrogen-bond donors (Lipinski definition) is 3. The van der Waals surface area contributed by atoms with Crippen molar-refractivity contribution in [2.45, 2.75) is 13.0 Å². The first-order chi connectivity index (χ1) is 14.3. The molecule has 0 aliphatic heterocycles. The first-order valence-electron chi connectivity index (χ1n) is 9.13. The first-order valence-corrected chi connectivity index (χ1v) is 9.89. The molecule has 0 aliphatic carbocycles. The van der Waals surface area contributed by atoms with Gasteiger partial charge in [0.05, 0.1) is 27.4 Å². The van der Waals surface area contributed by atoms with Gasteiger partial charge in [-0.15, -0.1) is 0 Å². The fourth-order valence-corrected chi connectivity index (χ4v) is 3.18. The molecule has 3 N–H and O–H groups in total. The van der Waals surface area contributed by atoms with Crippen molar-refractivity contribution in [1.29, 1.82) is 0 Å². The van der Waals surface area contributed by atoms with Crippen molar-refractivity contribution in [1.82, 2.24) is 10.3 Å². The normalized spacial score (nSPS) is 11.6. The van der Waals surface area contributed by atoms with Crippen molar-refractivity contribution in [2.75, 3.05) is 11.9 Å². The van der Waals surface area contributed by atoms with Crippen LogP contribution in [0.2, 0.25) is 10.0 Å². The van der Waals surface area contributed by atoms with Crippen LogP contribution in [0.3, 0.4) is 0 Å². The summed E-state index contributed by atoms with van der Waals surface area (Å²) in [5.41, 5.74) is 2.41. The third-order valence-corrected chi connectivity index (χ3v) is 4.84. The minimum atomic E-state index is -0.662. The number of halogens is 2. The molecule has 0 bridgehead atoms. The highest BCUT2D eigenvalue weighted by atomic mass is 35.5. The van der Waals surface area contributed by atoms with Crippen molar-refractivity contribution in [3.05, 3.63) is 82.0 Å². The van der Waals surface area contributed by atoms with Gasteiger partial charge in [0, 0.05) is 29.6 Å². The molecule has 3 rings (SSSR count). The van der Waals surface area contributed by atoms with E-state index in [1.165, 1.54) is 18.2 Å². The van der Waals surface area contributed by atoms with Crippen LogP contribution in [0, 0.1) is 0 Å². The lowest BCUT2D eigenvalue weighted by atomic mass is 10.1. The number of aromatic nitrogens is 1. The molecule has 154 valence electrons. The molecule has 3 aromatic rings. The molecule has 0 unspecified atom stereocenters. The quantitative estimate of drug-likeness (QED) is 0.525. The predicted molar refractivity (Wildman–Crippen MR) is 118 cm³/mol. The number of aliphatic hydroxyl groups excluding tert-OH is 1. The molecule has 1 atom stereocenters. The summed E-state index contributed by atoms with van der Waals surface area (Å²) in [5.74, 6) is -0.812. The molecular weight excluding hydrogens is 425 g/mol. The molecule has 0 fully saturated rings. The van der Waals surface area contributed by atoms with Crippen LogP contribution in [-0.4, -0.2) is 34.6 Å². The Balaban J connectivity index is 1.77. The number of hydrogen-bond acceptors (Lipinski definition) is 4. The van der Waals surface area contributed by atoms with Crippen LogP contribution in [0.25, 0.3) is 11.3 Å². The summed E-state index contributed by atoms with van der Waals surface area (Å²) in [6.45, 7) is 1.69. The van der Waals surface area contributed by atoms with Gasteiger partial charge in [-0.25, -0.2) is 0 Å². The summed E-state index contributed by atoms with van der Waals surface area (Å²) in [7, 11) is 0. The molecule has 2 amide bonds. The molecule has 1 aromatic heterocycles. The van der Waals surface area contributed by atoms with E-state index in [4.69, 9.17) is 23.2 Å². The number of anilines is 1. The summed E-state index contributed by atoms with van der Waals surface area (Å²) < 4.78 is 0. The average Bonchev–Trinajstić information content (AvgIpc) is 2.73. The molecule has 30 heavy (non-hydrogen) atoms. The standard InChI is InChI=1S/C22H19Cl2N3O3/c1-13(28)12-26-21(29)14-5-7-16(19(24)10-14)22(30)27-15-6-8-18(23)17(11-15)20-4-2-3-9-25-20/h2-11,13,28H,12H2,1H3,(H,26,29)(H,27,30)/t13-/m0/s1. The number of pyridine rings is 1. The van der Waals surface area contributed by atoms with Crippen LogP contribution in [0.4, 0.5) is 5.69 Å². The molecule has 0 radical (unpaired) electrons. The van der Waals surface area contributed by atoms with Gasteiger partial charge in [0.2, 0.25) is 0 Å². The summed E-state index contributed by atoms with van der Waals surface area (Å²) in [6.07, 6.45) is 1.00. The Labute approximate surface area is 183 Å². The van der Waals surface area contributed by atoms with Crippen molar-refractivity contribution in [3.8, 4) is 11.3 Å². The van der Waals surface area contributed by atoms with Crippen molar-refractivity contribution < 1.29 is 14.7 Å². The third kappa shape index (κ3) is 5.36. The van der Waals surface area contributed by atoms with E-state index in [0.717, 1.165) is 0 Å². The fourth-order valence-electron chi connectivity index (χ4n) is 2.70. The van der Waals surface area contributed by atoms with Gasteiger partial charge < -0.3 is 15.7 Å². The SMILES string of the molecule is C[C@H](O)CNC(=O)c1ccc(C(=O)Nc2ccc(Cl)c(-c3ccccn3)c2)c(Cl)c1. The van der Waals surface area contributed by atoms with E-state index in [0.29, 0.717) is 27.5 Å². The molecule has 0 spiro atoms. The number of carbonyl (C=O) groups is 2. The Hall–Kier alpha value is -2.93. The lowest BCUT2D eigenvalue weighted by molar-refractivity contribution is 0.0923. The monoisotopic (exact) mass is 443 g/mol. The minimum absolute atomic E-state index is 0.119. The predicted octanol–water partition coefficient (Wildman–Crippen LogP) is 4.42. The topological polar surface area (TPSA) is 91.3 Å². The number of benzene rings is 2. The highest BCUT2D eigenvalue weighted by Crippen LogP contribution is 2.29. The van der Waals surface area contributed by atoms with Crippen LogP contribution in [-0.2, 0) is 0 Å². The van der Waals surface area contributed by atoms with Crippen LogP contribution >= 0.6 is 23.2 Å². The molecule has 1 heterocycles. The minimum Gasteiger partial charge on any atom is -0.392 e. The molecule has 0 aliphatic rings. The number of nitrogens with one attached hydrogen (secondary N) is 2. The number of nitrogens with zero attached hydrogens (tertiary/aromatic N) is 1. The highest BCUT2D eigenvalue weighted by molar-refractivity contribution is 6.35. The van der Waals surface area contributed by atoms with Crippen LogP contribution in [0.5, 0.6) is 0 Å². The number of aliphatic hydroxyl groups is 1. The second-order valence-corrected chi connectivity index (χ2v) is 7.43. The maximum absolute atomic E-state index is 12.7. The molecule has 0 saturated carbocycles. The molecule has 0 saturated heterocycles. The lowest BCUT2D eigenvalue weighted by Gasteiger charge is -2.11. The molecule has 2 aromatic carbocycles. The van der Waals surface area contributed by atoms with Crippen LogP contribution in [0.15, 0.2) is 60.8 Å². The van der Waals surface area contributed by atoms with E-state index >= 15 is 0 Å². The zero-order chi connectivity index (χ0) is 21.7. The first kappa shape index (κ1) is 21.8. The summed E-state index contributed by atoms with van der Waals surface area (Å²) in [4.78, 5) is 29.0. The second-order valence-electron chi connectivity index (χ2n) is 6.62. The largest absolute Gasteiger partial charge is 0.392 e. The number of carbonyl (C=O) groups excluding carboxylic acids is 2. The summed E-state index contributed by atoms with van der Waals surface area (Å²) in [5, 5.41) is 15.3. The Bertz CT molecular complexity index is 1070. The summed E-state index contributed by atoms with van der Waals surface area (Å²) >= 11 is 12.5. The van der Waals surface area contributed by atoms with Gasteiger partial charge >= 0.3 is 0 Å². The molecule has 6 nitrogen and oxygen atoms in total. The van der Waals surface area contributed by atoms with E-state index in [1.54, 1.807) is 37.4 Å². The van der Waals surface area contributed by atoms with Gasteiger partial charge in [-0.1, -0.05) is 29.3 Å². The van der Waals surface area contributed by atoms with Gasteiger partial charge in [-0.2, -0.15) is 0 Å². The van der Waals surface area contributed by atoms with Crippen LogP contribution < -0.4 is 10.6 Å². The number of amides is 2. The van der Waals surface area contributed by atoms with E-state index in [1.807, 2.05) is 12.1 Å². The Morgan fingerprint density at radius 2 is 1.83 bits per heavy atom. The van der Waals surface area contributed by atoms with Crippen molar-refractivity contribution in [3.63, 3.8) is 0 Å². The maximum Gasteiger partial charge on any atom is 0.257 e. The maximum atomic E-state index is 12.7. The van der Waals surface area contributed by atoms with Crippen molar-refractivity contribution >= 4 is 40.7 Å². The van der Waals surface area contributed by atoms with E-state index < -0.39 is 12.0 Å². The Kier molecular flexibility index (Phi) is 7.05. The zero-order valence-electron chi connectivity index (χ0n) is 16.0. The fraction of sp³-hybridized carbons (Fsp3) is 0.136. The van der Waals surface area contributed by atoms with E-state index in [9.17, 15) is 14.7 Å². The Morgan fingerprint density at radius 1 is 1.03 bits per heavy atom. The van der Waals surface area contributed by atoms with Gasteiger partial charge in [0.1, 0.15) is 0 Å². The van der Waals surface area contributed by atoms with E-state index in [-0.39, 0.29) is 23.0 Å². The van der Waals surface area contributed by atoms with Crippen molar-refractivity contribution in [2.24, 2.45) is 0 Å². The second kappa shape index (κ2) is 9.71. The summed E-state index contributed by atoms with van der Waals surface area (Å²) in [6, 6.07) is 15.0. The lowest BCUT2D eigenvalue weighted by Crippen LogP contribution is -2.30. The van der Waals surface area contributed by atoms with Gasteiger partial charge in [-0.05, 0) is 55.5 Å². The van der Waals surface area contributed by atoms with E-state index in [2.05, 4.69) is 15.6 Å². The number of rotatable bonds is 6. The molecular formula is C22H19Cl2N3O3. The highest BCUT2D eigenvalue weighted by Gasteiger charge is 2.15. The van der Waals surface area contributed by atoms with Crippen LogP contribution in [0.1, 0.15) is 27.6 Å². The third-order valence-electron chi connectivity index (χ3n) is 4.20. The molecule has 8 heteroatoms.